The van der Waals surface area contributed by atoms with Gasteiger partial charge in [-0.1, -0.05) is 24.3 Å². The van der Waals surface area contributed by atoms with Crippen molar-refractivity contribution in [2.75, 3.05) is 17.2 Å². The third-order valence-corrected chi connectivity index (χ3v) is 4.45. The van der Waals surface area contributed by atoms with Gasteiger partial charge in [0.25, 0.3) is 11.8 Å². The van der Waals surface area contributed by atoms with E-state index in [1.807, 2.05) is 43.3 Å². The molecule has 4 N–H and O–H groups in total. The number of anilines is 2. The number of nitrogens with two attached hydrogens (primary N) is 1. The molecule has 2 aromatic carbocycles. The fourth-order valence-electron chi connectivity index (χ4n) is 2.91. The van der Waals surface area contributed by atoms with Crippen molar-refractivity contribution >= 4 is 35.6 Å². The first-order valence-corrected chi connectivity index (χ1v) is 8.70. The van der Waals surface area contributed by atoms with Crippen molar-refractivity contribution in [2.45, 2.75) is 32.0 Å². The van der Waals surface area contributed by atoms with E-state index in [0.29, 0.717) is 24.2 Å². The molecule has 0 aliphatic carbocycles. The van der Waals surface area contributed by atoms with Crippen molar-refractivity contribution in [3.05, 3.63) is 59.7 Å². The Morgan fingerprint density at radius 1 is 1.11 bits per heavy atom. The smallest absolute Gasteiger partial charge is 0.255 e. The molecule has 0 radical (unpaired) electrons. The van der Waals surface area contributed by atoms with Gasteiger partial charge in [-0.05, 0) is 49.6 Å². The number of carbonyl (C=O) groups is 2. The predicted octanol–water partition coefficient (Wildman–Crippen LogP) is 3.11. The minimum absolute atomic E-state index is 0. The van der Waals surface area contributed by atoms with Crippen molar-refractivity contribution in [1.82, 2.24) is 0 Å². The number of nitrogens with one attached hydrogen (secondary N) is 2. The average Bonchev–Trinajstić information content (AvgIpc) is 3.13. The minimum Gasteiger partial charge on any atom is -0.364 e. The zero-order chi connectivity index (χ0) is 18.5. The molecule has 144 valence electrons. The monoisotopic (exact) mass is 389 g/mol. The van der Waals surface area contributed by atoms with Crippen molar-refractivity contribution in [1.29, 1.82) is 0 Å². The van der Waals surface area contributed by atoms with E-state index in [2.05, 4.69) is 10.6 Å². The zero-order valence-corrected chi connectivity index (χ0v) is 15.9. The van der Waals surface area contributed by atoms with Crippen LogP contribution in [0.15, 0.2) is 48.5 Å². The summed E-state index contributed by atoms with van der Waals surface area (Å²) in [5, 5.41) is 5.71. The lowest BCUT2D eigenvalue weighted by Crippen LogP contribution is -2.30. The Bertz CT molecular complexity index is 798. The van der Waals surface area contributed by atoms with Crippen LogP contribution in [0, 0.1) is 6.92 Å². The molecule has 0 unspecified atom stereocenters. The Labute approximate surface area is 164 Å². The minimum atomic E-state index is -0.496. The molecule has 6 nitrogen and oxygen atoms in total. The van der Waals surface area contributed by atoms with E-state index in [1.54, 1.807) is 12.1 Å². The Hall–Kier alpha value is -2.41. The molecule has 2 aromatic rings. The molecule has 1 aliphatic rings. The molecule has 0 bridgehead atoms. The summed E-state index contributed by atoms with van der Waals surface area (Å²) < 4.78 is 5.62. The molecule has 0 aromatic heterocycles. The highest BCUT2D eigenvalue weighted by molar-refractivity contribution is 6.05. The lowest BCUT2D eigenvalue weighted by atomic mass is 10.1. The number of ether oxygens (including phenoxy) is 1. The quantitative estimate of drug-likeness (QED) is 0.732. The van der Waals surface area contributed by atoms with Crippen LogP contribution in [0.25, 0.3) is 0 Å². The van der Waals surface area contributed by atoms with Crippen LogP contribution in [-0.2, 0) is 9.53 Å². The van der Waals surface area contributed by atoms with Gasteiger partial charge in [-0.25, -0.2) is 0 Å². The van der Waals surface area contributed by atoms with E-state index in [1.165, 1.54) is 0 Å². The molecule has 3 rings (SSSR count). The Morgan fingerprint density at radius 3 is 2.52 bits per heavy atom. The highest BCUT2D eigenvalue weighted by Gasteiger charge is 2.30. The summed E-state index contributed by atoms with van der Waals surface area (Å²) in [6.07, 6.45) is 0.883. The Balaban J connectivity index is 0.00000261. The van der Waals surface area contributed by atoms with Crippen LogP contribution in [0.4, 0.5) is 11.4 Å². The van der Waals surface area contributed by atoms with Crippen LogP contribution >= 0.6 is 12.4 Å². The number of halogens is 1. The van der Waals surface area contributed by atoms with Crippen LogP contribution in [0.2, 0.25) is 0 Å². The molecule has 1 heterocycles. The molecule has 0 spiro atoms. The maximum Gasteiger partial charge on any atom is 0.255 e. The first-order valence-electron chi connectivity index (χ1n) is 8.70. The van der Waals surface area contributed by atoms with Crippen LogP contribution in [0.1, 0.15) is 28.8 Å². The SMILES string of the molecule is Cc1ccc(C(=O)Nc2ccccc2)cc1NC(=O)[C@@H]1CC[C@H](CN)O1.Cl. The average molecular weight is 390 g/mol. The van der Waals surface area contributed by atoms with Gasteiger partial charge in [0, 0.05) is 23.5 Å². The van der Waals surface area contributed by atoms with Gasteiger partial charge in [0.2, 0.25) is 0 Å². The van der Waals surface area contributed by atoms with E-state index in [0.717, 1.165) is 17.7 Å². The highest BCUT2D eigenvalue weighted by atomic mass is 35.5. The second-order valence-corrected chi connectivity index (χ2v) is 6.40. The summed E-state index contributed by atoms with van der Waals surface area (Å²) in [4.78, 5) is 24.9. The number of benzene rings is 2. The molecule has 27 heavy (non-hydrogen) atoms. The van der Waals surface area contributed by atoms with E-state index >= 15 is 0 Å². The molecule has 1 saturated heterocycles. The van der Waals surface area contributed by atoms with Gasteiger partial charge in [-0.2, -0.15) is 0 Å². The second kappa shape index (κ2) is 9.50. The van der Waals surface area contributed by atoms with E-state index in [-0.39, 0.29) is 30.3 Å². The van der Waals surface area contributed by atoms with Crippen molar-refractivity contribution < 1.29 is 14.3 Å². The maximum atomic E-state index is 12.4. The van der Waals surface area contributed by atoms with E-state index in [4.69, 9.17) is 10.5 Å². The summed E-state index contributed by atoms with van der Waals surface area (Å²) in [6, 6.07) is 14.5. The van der Waals surface area contributed by atoms with Crippen LogP contribution in [0.5, 0.6) is 0 Å². The Kier molecular flexibility index (Phi) is 7.36. The van der Waals surface area contributed by atoms with Gasteiger partial charge in [0.05, 0.1) is 6.10 Å². The largest absolute Gasteiger partial charge is 0.364 e. The molecular formula is C20H24ClN3O3. The summed E-state index contributed by atoms with van der Waals surface area (Å²) in [5.74, 6) is -0.434. The summed E-state index contributed by atoms with van der Waals surface area (Å²) in [5.41, 5.74) is 8.27. The topological polar surface area (TPSA) is 93.5 Å². The van der Waals surface area contributed by atoms with Gasteiger partial charge >= 0.3 is 0 Å². The van der Waals surface area contributed by atoms with Crippen molar-refractivity contribution in [3.8, 4) is 0 Å². The number of hydrogen-bond acceptors (Lipinski definition) is 4. The Morgan fingerprint density at radius 2 is 1.85 bits per heavy atom. The summed E-state index contributed by atoms with van der Waals surface area (Å²) in [6.45, 7) is 2.30. The molecule has 2 amide bonds. The molecule has 1 fully saturated rings. The summed E-state index contributed by atoms with van der Waals surface area (Å²) in [7, 11) is 0. The second-order valence-electron chi connectivity index (χ2n) is 6.40. The van der Waals surface area contributed by atoms with Crippen LogP contribution < -0.4 is 16.4 Å². The predicted molar refractivity (Wildman–Crippen MR) is 108 cm³/mol. The number of hydrogen-bond donors (Lipinski definition) is 3. The van der Waals surface area contributed by atoms with Crippen molar-refractivity contribution in [2.24, 2.45) is 5.73 Å². The first-order chi connectivity index (χ1) is 12.6. The van der Waals surface area contributed by atoms with Gasteiger partial charge < -0.3 is 21.1 Å². The lowest BCUT2D eigenvalue weighted by Gasteiger charge is -2.15. The number of carbonyl (C=O) groups excluding carboxylic acids is 2. The van der Waals surface area contributed by atoms with Gasteiger partial charge in [-0.3, -0.25) is 9.59 Å². The normalized spacial score (nSPS) is 18.4. The van der Waals surface area contributed by atoms with E-state index < -0.39 is 6.10 Å². The number of amides is 2. The fraction of sp³-hybridized carbons (Fsp3) is 0.300. The standard InChI is InChI=1S/C20H23N3O3.ClH/c1-13-7-8-14(19(24)22-15-5-3-2-4-6-15)11-17(13)23-20(25)18-10-9-16(12-21)26-18;/h2-8,11,16,18H,9-10,12,21H2,1H3,(H,22,24)(H,23,25);1H/t16-,18+;/m1./s1. The molecule has 7 heteroatoms. The zero-order valence-electron chi connectivity index (χ0n) is 15.1. The van der Waals surface area contributed by atoms with Crippen LogP contribution in [0.3, 0.4) is 0 Å². The fourth-order valence-corrected chi connectivity index (χ4v) is 2.91. The third kappa shape index (κ3) is 5.29. The van der Waals surface area contributed by atoms with Crippen LogP contribution in [-0.4, -0.2) is 30.6 Å². The van der Waals surface area contributed by atoms with E-state index in [9.17, 15) is 9.59 Å². The number of rotatable bonds is 5. The number of para-hydroxylation sites is 1. The number of aryl methyl sites for hydroxylation is 1. The van der Waals surface area contributed by atoms with Crippen molar-refractivity contribution in [3.63, 3.8) is 0 Å². The molecule has 0 saturated carbocycles. The molecular weight excluding hydrogens is 366 g/mol. The highest BCUT2D eigenvalue weighted by Crippen LogP contribution is 2.23. The summed E-state index contributed by atoms with van der Waals surface area (Å²) >= 11 is 0. The third-order valence-electron chi connectivity index (χ3n) is 4.45. The lowest BCUT2D eigenvalue weighted by molar-refractivity contribution is -0.126. The molecule has 1 aliphatic heterocycles. The van der Waals surface area contributed by atoms with Gasteiger partial charge in [0.1, 0.15) is 6.10 Å². The molecule has 2 atom stereocenters. The van der Waals surface area contributed by atoms with Gasteiger partial charge in [-0.15, -0.1) is 12.4 Å². The first kappa shape index (κ1) is 20.9. The maximum absolute atomic E-state index is 12.4. The van der Waals surface area contributed by atoms with Gasteiger partial charge in [0.15, 0.2) is 0 Å².